The highest BCUT2D eigenvalue weighted by Gasteiger charge is 2.31. The van der Waals surface area contributed by atoms with Crippen LogP contribution in [0.1, 0.15) is 25.8 Å². The van der Waals surface area contributed by atoms with Crippen LogP contribution in [-0.2, 0) is 16.1 Å². The highest BCUT2D eigenvalue weighted by molar-refractivity contribution is 6.00. The van der Waals surface area contributed by atoms with Crippen LogP contribution in [0.3, 0.4) is 0 Å². The number of nitrogens with one attached hydrogen (secondary N) is 2. The maximum atomic E-state index is 12.5. The maximum Gasteiger partial charge on any atom is 0.267 e. The Bertz CT molecular complexity index is 828. The van der Waals surface area contributed by atoms with Crippen LogP contribution in [0.5, 0.6) is 5.75 Å². The van der Waals surface area contributed by atoms with E-state index < -0.39 is 6.10 Å². The van der Waals surface area contributed by atoms with Crippen LogP contribution in [0.15, 0.2) is 48.5 Å². The first-order chi connectivity index (χ1) is 13.1. The van der Waals surface area contributed by atoms with Crippen molar-refractivity contribution in [3.8, 4) is 5.75 Å². The molecule has 150 valence electrons. The molecule has 1 atom stereocenters. The van der Waals surface area contributed by atoms with Gasteiger partial charge in [0.1, 0.15) is 5.75 Å². The predicted molar refractivity (Wildman–Crippen MR) is 113 cm³/mol. The van der Waals surface area contributed by atoms with Crippen molar-refractivity contribution >= 4 is 35.6 Å². The summed E-state index contributed by atoms with van der Waals surface area (Å²) in [6.07, 6.45) is -0.341. The number of nitrogens with zero attached hydrogens (tertiary/aromatic N) is 1. The molecule has 0 spiro atoms. The smallest absolute Gasteiger partial charge is 0.267 e. The molecule has 28 heavy (non-hydrogen) atoms. The summed E-state index contributed by atoms with van der Waals surface area (Å²) >= 11 is 0. The van der Waals surface area contributed by atoms with Gasteiger partial charge in [0.05, 0.1) is 5.69 Å². The molecule has 2 aromatic rings. The van der Waals surface area contributed by atoms with Gasteiger partial charge in [0, 0.05) is 25.2 Å². The van der Waals surface area contributed by atoms with Gasteiger partial charge in [-0.25, -0.2) is 0 Å². The van der Waals surface area contributed by atoms with Crippen molar-refractivity contribution in [2.24, 2.45) is 0 Å². The van der Waals surface area contributed by atoms with E-state index in [0.717, 1.165) is 17.8 Å². The molecule has 0 saturated heterocycles. The number of amides is 2. The lowest BCUT2D eigenvalue weighted by Crippen LogP contribution is -2.45. The predicted octanol–water partition coefficient (Wildman–Crippen LogP) is 3.36. The molecule has 0 radical (unpaired) electrons. The van der Waals surface area contributed by atoms with E-state index in [0.29, 0.717) is 24.5 Å². The average molecular weight is 404 g/mol. The number of carbonyl (C=O) groups excluding carboxylic acids is 2. The number of para-hydroxylation sites is 3. The second-order valence-corrected chi connectivity index (χ2v) is 6.45. The lowest BCUT2D eigenvalue weighted by molar-refractivity contribution is -0.125. The van der Waals surface area contributed by atoms with Crippen molar-refractivity contribution in [2.75, 3.05) is 23.3 Å². The summed E-state index contributed by atoms with van der Waals surface area (Å²) in [6.45, 7) is 5.63. The van der Waals surface area contributed by atoms with Gasteiger partial charge in [-0.2, -0.15) is 0 Å². The van der Waals surface area contributed by atoms with Crippen LogP contribution in [0, 0.1) is 0 Å². The minimum Gasteiger partial charge on any atom is -0.479 e. The summed E-state index contributed by atoms with van der Waals surface area (Å²) in [4.78, 5) is 26.6. The molecule has 1 heterocycles. The first kappa shape index (κ1) is 21.7. The quantitative estimate of drug-likeness (QED) is 0.743. The third-order valence-corrected chi connectivity index (χ3v) is 4.49. The molecule has 1 aliphatic rings. The van der Waals surface area contributed by atoms with Gasteiger partial charge in [0.2, 0.25) is 5.91 Å². The second kappa shape index (κ2) is 10.1. The Morgan fingerprint density at radius 1 is 1.14 bits per heavy atom. The van der Waals surface area contributed by atoms with Crippen LogP contribution >= 0.6 is 12.4 Å². The molecule has 0 fully saturated rings. The van der Waals surface area contributed by atoms with Gasteiger partial charge in [0.25, 0.3) is 5.91 Å². The van der Waals surface area contributed by atoms with Crippen molar-refractivity contribution in [3.63, 3.8) is 0 Å². The summed E-state index contributed by atoms with van der Waals surface area (Å²) in [5.74, 6) is 0.415. The van der Waals surface area contributed by atoms with Crippen LogP contribution in [0.4, 0.5) is 11.4 Å². The topological polar surface area (TPSA) is 70.7 Å². The molecule has 3 rings (SSSR count). The number of anilines is 2. The van der Waals surface area contributed by atoms with Crippen molar-refractivity contribution < 1.29 is 14.3 Å². The Kier molecular flexibility index (Phi) is 7.84. The Labute approximate surface area is 171 Å². The van der Waals surface area contributed by atoms with E-state index in [1.165, 1.54) is 0 Å². The summed E-state index contributed by atoms with van der Waals surface area (Å²) in [6, 6.07) is 15.1. The molecule has 0 saturated carbocycles. The van der Waals surface area contributed by atoms with E-state index >= 15 is 0 Å². The molecule has 2 aromatic carbocycles. The van der Waals surface area contributed by atoms with Gasteiger partial charge in [-0.05, 0) is 37.2 Å². The number of ether oxygens (including phenoxy) is 1. The Balaban J connectivity index is 0.00000280. The summed E-state index contributed by atoms with van der Waals surface area (Å²) in [7, 11) is 0. The molecular formula is C21H26ClN3O3. The highest BCUT2D eigenvalue weighted by Crippen LogP contribution is 2.33. The molecule has 7 heteroatoms. The van der Waals surface area contributed by atoms with E-state index in [9.17, 15) is 9.59 Å². The van der Waals surface area contributed by atoms with Gasteiger partial charge in [0.15, 0.2) is 6.10 Å². The molecule has 1 unspecified atom stereocenters. The second-order valence-electron chi connectivity index (χ2n) is 6.45. The number of hydrogen-bond acceptors (Lipinski definition) is 4. The summed E-state index contributed by atoms with van der Waals surface area (Å²) < 4.78 is 5.63. The van der Waals surface area contributed by atoms with E-state index in [2.05, 4.69) is 10.6 Å². The number of carbonyl (C=O) groups is 2. The highest BCUT2D eigenvalue weighted by atomic mass is 35.5. The maximum absolute atomic E-state index is 12.5. The van der Waals surface area contributed by atoms with Crippen molar-refractivity contribution in [1.82, 2.24) is 5.32 Å². The summed E-state index contributed by atoms with van der Waals surface area (Å²) in [5, 5.41) is 6.23. The monoisotopic (exact) mass is 403 g/mol. The van der Waals surface area contributed by atoms with E-state index in [-0.39, 0.29) is 30.6 Å². The third-order valence-electron chi connectivity index (χ3n) is 4.49. The molecule has 0 aliphatic carbocycles. The zero-order valence-electron chi connectivity index (χ0n) is 16.1. The molecule has 1 aliphatic heterocycles. The first-order valence-electron chi connectivity index (χ1n) is 9.25. The first-order valence-corrected chi connectivity index (χ1v) is 9.25. The normalized spacial score (nSPS) is 15.3. The number of rotatable bonds is 7. The molecule has 0 aromatic heterocycles. The fourth-order valence-corrected chi connectivity index (χ4v) is 3.07. The fourth-order valence-electron chi connectivity index (χ4n) is 3.07. The molecule has 0 bridgehead atoms. The standard InChI is InChI=1S/C21H25N3O3.ClH/c1-3-22-14-16-8-4-5-9-17(16)23-20(25)12-13-24-18-10-6-7-11-19(18)27-15(2)21(24)26;/h4-11,15,22H,3,12-14H2,1-2H3,(H,23,25);1H. The van der Waals surface area contributed by atoms with Gasteiger partial charge >= 0.3 is 0 Å². The zero-order valence-corrected chi connectivity index (χ0v) is 16.9. The largest absolute Gasteiger partial charge is 0.479 e. The van der Waals surface area contributed by atoms with Crippen LogP contribution in [0.25, 0.3) is 0 Å². The Morgan fingerprint density at radius 2 is 1.86 bits per heavy atom. The zero-order chi connectivity index (χ0) is 19.2. The van der Waals surface area contributed by atoms with Gasteiger partial charge in [-0.1, -0.05) is 37.3 Å². The van der Waals surface area contributed by atoms with Gasteiger partial charge < -0.3 is 20.3 Å². The Morgan fingerprint density at radius 3 is 2.64 bits per heavy atom. The summed E-state index contributed by atoms with van der Waals surface area (Å²) in [5.41, 5.74) is 2.54. The van der Waals surface area contributed by atoms with Crippen LogP contribution in [-0.4, -0.2) is 31.0 Å². The van der Waals surface area contributed by atoms with Gasteiger partial charge in [-0.15, -0.1) is 12.4 Å². The van der Waals surface area contributed by atoms with E-state index in [1.54, 1.807) is 11.8 Å². The molecular weight excluding hydrogens is 378 g/mol. The number of halogens is 1. The lowest BCUT2D eigenvalue weighted by Gasteiger charge is -2.32. The molecule has 2 N–H and O–H groups in total. The SMILES string of the molecule is CCNCc1ccccc1NC(=O)CCN1C(=O)C(C)Oc2ccccc21.Cl. The van der Waals surface area contributed by atoms with Crippen LogP contribution in [0.2, 0.25) is 0 Å². The average Bonchev–Trinajstić information content (AvgIpc) is 2.67. The minimum atomic E-state index is -0.552. The van der Waals surface area contributed by atoms with E-state index in [1.807, 2.05) is 55.5 Å². The van der Waals surface area contributed by atoms with Crippen molar-refractivity contribution in [3.05, 3.63) is 54.1 Å². The van der Waals surface area contributed by atoms with Crippen molar-refractivity contribution in [2.45, 2.75) is 32.9 Å². The fraction of sp³-hybridized carbons (Fsp3) is 0.333. The Hall–Kier alpha value is -2.57. The molecule has 6 nitrogen and oxygen atoms in total. The lowest BCUT2D eigenvalue weighted by atomic mass is 10.1. The van der Waals surface area contributed by atoms with Crippen LogP contribution < -0.4 is 20.3 Å². The van der Waals surface area contributed by atoms with Crippen molar-refractivity contribution in [1.29, 1.82) is 0 Å². The van der Waals surface area contributed by atoms with E-state index in [4.69, 9.17) is 4.74 Å². The molecule has 2 amide bonds. The van der Waals surface area contributed by atoms with Gasteiger partial charge in [-0.3, -0.25) is 9.59 Å². The number of fused-ring (bicyclic) bond motifs is 1. The number of hydrogen-bond donors (Lipinski definition) is 2. The number of benzene rings is 2. The minimum absolute atomic E-state index is 0. The third kappa shape index (κ3) is 5.03.